The average Bonchev–Trinajstić information content (AvgIpc) is 3.53. The Morgan fingerprint density at radius 3 is 2.47 bits per heavy atom. The fourth-order valence-corrected chi connectivity index (χ4v) is 3.62. The molecule has 30 heavy (non-hydrogen) atoms. The van der Waals surface area contributed by atoms with E-state index in [0.29, 0.717) is 35.6 Å². The second-order valence-electron chi connectivity index (χ2n) is 9.07. The number of nitrogens with zero attached hydrogens (tertiary/aromatic N) is 2. The number of rotatable bonds is 6. The third-order valence-corrected chi connectivity index (χ3v) is 5.32. The molecule has 0 N–H and O–H groups in total. The van der Waals surface area contributed by atoms with Crippen LogP contribution in [0.1, 0.15) is 50.3 Å². The molecule has 0 radical (unpaired) electrons. The molecule has 0 bridgehead atoms. The van der Waals surface area contributed by atoms with E-state index in [1.807, 2.05) is 24.3 Å². The molecule has 4 rings (SSSR count). The maximum absolute atomic E-state index is 12.8. The fourth-order valence-electron chi connectivity index (χ4n) is 3.62. The van der Waals surface area contributed by atoms with Gasteiger partial charge in [-0.05, 0) is 35.4 Å². The summed E-state index contributed by atoms with van der Waals surface area (Å²) >= 11 is 0. The number of hydrogen-bond acceptors (Lipinski definition) is 4. The van der Waals surface area contributed by atoms with Gasteiger partial charge in [0.1, 0.15) is 6.33 Å². The van der Waals surface area contributed by atoms with Crippen LogP contribution < -0.4 is 15.0 Å². The molecule has 1 saturated carbocycles. The van der Waals surface area contributed by atoms with E-state index in [2.05, 4.69) is 50.0 Å². The van der Waals surface area contributed by atoms with Crippen LogP contribution in [-0.4, -0.2) is 23.3 Å². The first-order chi connectivity index (χ1) is 14.4. The van der Waals surface area contributed by atoms with Gasteiger partial charge in [0, 0.05) is 18.1 Å². The van der Waals surface area contributed by atoms with Crippen LogP contribution in [0.2, 0.25) is 0 Å². The molecule has 5 nitrogen and oxygen atoms in total. The van der Waals surface area contributed by atoms with Gasteiger partial charge in [0.25, 0.3) is 5.56 Å². The van der Waals surface area contributed by atoms with Crippen molar-refractivity contribution in [3.63, 3.8) is 0 Å². The highest BCUT2D eigenvalue weighted by atomic mass is 16.5. The smallest absolute Gasteiger partial charge is 0.258 e. The van der Waals surface area contributed by atoms with Crippen molar-refractivity contribution in [1.82, 2.24) is 9.55 Å². The Labute approximate surface area is 177 Å². The lowest BCUT2D eigenvalue weighted by atomic mass is 9.99. The van der Waals surface area contributed by atoms with Gasteiger partial charge in [-0.3, -0.25) is 9.36 Å². The first-order valence-corrected chi connectivity index (χ1v) is 10.3. The van der Waals surface area contributed by atoms with E-state index in [1.54, 1.807) is 24.1 Å². The third-order valence-electron chi connectivity index (χ3n) is 5.32. The lowest BCUT2D eigenvalue weighted by Crippen LogP contribution is -2.19. The number of aromatic nitrogens is 2. The highest BCUT2D eigenvalue weighted by Crippen LogP contribution is 2.53. The van der Waals surface area contributed by atoms with E-state index >= 15 is 0 Å². The number of benzene rings is 2. The average molecular weight is 405 g/mol. The molecular formula is C25H28N2O3. The zero-order valence-corrected chi connectivity index (χ0v) is 18.0. The predicted octanol–water partition coefficient (Wildman–Crippen LogP) is 4.94. The van der Waals surface area contributed by atoms with Crippen molar-refractivity contribution in [3.05, 3.63) is 82.5 Å². The highest BCUT2D eigenvalue weighted by molar-refractivity contribution is 5.49. The van der Waals surface area contributed by atoms with Crippen molar-refractivity contribution in [1.29, 1.82) is 0 Å². The molecule has 2 unspecified atom stereocenters. The van der Waals surface area contributed by atoms with Crippen LogP contribution in [0.25, 0.3) is 5.69 Å². The van der Waals surface area contributed by atoms with Crippen molar-refractivity contribution in [2.45, 2.75) is 39.0 Å². The summed E-state index contributed by atoms with van der Waals surface area (Å²) in [6, 6.07) is 17.6. The fraction of sp³-hybridized carbons (Fsp3) is 0.360. The van der Waals surface area contributed by atoms with Gasteiger partial charge in [-0.25, -0.2) is 4.98 Å². The summed E-state index contributed by atoms with van der Waals surface area (Å²) in [7, 11) is 1.60. The molecule has 1 heterocycles. The molecule has 1 aromatic heterocycles. The minimum Gasteiger partial charge on any atom is -0.493 e. The van der Waals surface area contributed by atoms with Crippen molar-refractivity contribution in [3.8, 4) is 17.2 Å². The van der Waals surface area contributed by atoms with Crippen LogP contribution >= 0.6 is 0 Å². The second kappa shape index (κ2) is 7.98. The largest absolute Gasteiger partial charge is 0.493 e. The van der Waals surface area contributed by atoms with E-state index < -0.39 is 0 Å². The Bertz CT molecular complexity index is 1080. The molecule has 0 spiro atoms. The maximum atomic E-state index is 12.8. The molecule has 3 aromatic rings. The van der Waals surface area contributed by atoms with E-state index in [0.717, 1.165) is 12.1 Å². The van der Waals surface area contributed by atoms with E-state index in [1.165, 1.54) is 5.56 Å². The summed E-state index contributed by atoms with van der Waals surface area (Å²) in [5, 5.41) is 0. The minimum atomic E-state index is -0.0934. The number of ether oxygens (including phenoxy) is 2. The molecule has 0 saturated heterocycles. The molecular weight excluding hydrogens is 376 g/mol. The Morgan fingerprint density at radius 2 is 1.80 bits per heavy atom. The van der Waals surface area contributed by atoms with Gasteiger partial charge in [-0.2, -0.15) is 0 Å². The monoisotopic (exact) mass is 404 g/mol. The van der Waals surface area contributed by atoms with Gasteiger partial charge < -0.3 is 9.47 Å². The predicted molar refractivity (Wildman–Crippen MR) is 118 cm³/mol. The first kappa shape index (κ1) is 20.2. The summed E-state index contributed by atoms with van der Waals surface area (Å²) in [6.45, 7) is 6.91. The van der Waals surface area contributed by atoms with Gasteiger partial charge >= 0.3 is 0 Å². The normalized spacial score (nSPS) is 18.1. The second-order valence-corrected chi connectivity index (χ2v) is 9.07. The highest BCUT2D eigenvalue weighted by Gasteiger charge is 2.40. The molecule has 156 valence electrons. The SMILES string of the molecule is COc1cc(-n2cnc(C3CC3c3ccccc3)cc2=O)ccc1OCC(C)(C)C. The molecule has 2 atom stereocenters. The first-order valence-electron chi connectivity index (χ1n) is 10.3. The molecule has 0 aliphatic heterocycles. The molecule has 1 fully saturated rings. The molecule has 1 aliphatic carbocycles. The summed E-state index contributed by atoms with van der Waals surface area (Å²) < 4.78 is 12.9. The van der Waals surface area contributed by atoms with Gasteiger partial charge in [0.2, 0.25) is 0 Å². The molecule has 2 aromatic carbocycles. The van der Waals surface area contributed by atoms with Crippen molar-refractivity contribution in [2.24, 2.45) is 5.41 Å². The van der Waals surface area contributed by atoms with E-state index in [9.17, 15) is 4.79 Å². The van der Waals surface area contributed by atoms with Crippen LogP contribution in [0, 0.1) is 5.41 Å². The van der Waals surface area contributed by atoms with Crippen LogP contribution in [-0.2, 0) is 0 Å². The molecule has 5 heteroatoms. The van der Waals surface area contributed by atoms with E-state index in [4.69, 9.17) is 9.47 Å². The Kier molecular flexibility index (Phi) is 5.37. The topological polar surface area (TPSA) is 53.4 Å². The maximum Gasteiger partial charge on any atom is 0.258 e. The summed E-state index contributed by atoms with van der Waals surface area (Å²) in [5.74, 6) is 2.03. The van der Waals surface area contributed by atoms with Crippen LogP contribution in [0.5, 0.6) is 11.5 Å². The Balaban J connectivity index is 1.54. The van der Waals surface area contributed by atoms with Gasteiger partial charge in [-0.15, -0.1) is 0 Å². The quantitative estimate of drug-likeness (QED) is 0.584. The van der Waals surface area contributed by atoms with Crippen molar-refractivity contribution in [2.75, 3.05) is 13.7 Å². The number of methoxy groups -OCH3 is 1. The van der Waals surface area contributed by atoms with Crippen LogP contribution in [0.4, 0.5) is 0 Å². The third kappa shape index (κ3) is 4.40. The number of hydrogen-bond donors (Lipinski definition) is 0. The lowest BCUT2D eigenvalue weighted by Gasteiger charge is -2.20. The zero-order valence-electron chi connectivity index (χ0n) is 18.0. The van der Waals surface area contributed by atoms with Crippen LogP contribution in [0.3, 0.4) is 0 Å². The standard InChI is InChI=1S/C25H28N2O3/c1-25(2,3)15-30-22-11-10-18(12-23(22)29-4)27-16-26-21(14-24(27)28)20-13-19(20)17-8-6-5-7-9-17/h5-12,14,16,19-20H,13,15H2,1-4H3. The summed E-state index contributed by atoms with van der Waals surface area (Å²) in [4.78, 5) is 17.4. The summed E-state index contributed by atoms with van der Waals surface area (Å²) in [5.41, 5.74) is 2.82. The minimum absolute atomic E-state index is 0.0425. The van der Waals surface area contributed by atoms with Crippen LogP contribution in [0.15, 0.2) is 65.7 Å². The molecule has 1 aliphatic rings. The van der Waals surface area contributed by atoms with Gasteiger partial charge in [-0.1, -0.05) is 51.1 Å². The zero-order chi connectivity index (χ0) is 21.3. The summed E-state index contributed by atoms with van der Waals surface area (Å²) in [6.07, 6.45) is 2.65. The van der Waals surface area contributed by atoms with Gasteiger partial charge in [0.05, 0.1) is 25.1 Å². The van der Waals surface area contributed by atoms with Crippen molar-refractivity contribution < 1.29 is 9.47 Å². The van der Waals surface area contributed by atoms with Crippen molar-refractivity contribution >= 4 is 0 Å². The molecule has 0 amide bonds. The van der Waals surface area contributed by atoms with Gasteiger partial charge in [0.15, 0.2) is 11.5 Å². The van der Waals surface area contributed by atoms with E-state index in [-0.39, 0.29) is 11.0 Å². The Morgan fingerprint density at radius 1 is 1.03 bits per heavy atom. The lowest BCUT2D eigenvalue weighted by molar-refractivity contribution is 0.191. The Hall–Kier alpha value is -3.08.